The summed E-state index contributed by atoms with van der Waals surface area (Å²) < 4.78 is 10.6. The summed E-state index contributed by atoms with van der Waals surface area (Å²) in [5.41, 5.74) is 0.972. The molecule has 0 saturated carbocycles. The van der Waals surface area contributed by atoms with Crippen LogP contribution >= 0.6 is 0 Å². The van der Waals surface area contributed by atoms with Crippen LogP contribution in [-0.4, -0.2) is 62.8 Å². The lowest BCUT2D eigenvalue weighted by atomic mass is 9.99. The molecule has 0 aliphatic carbocycles. The van der Waals surface area contributed by atoms with E-state index < -0.39 is 37.3 Å². The van der Waals surface area contributed by atoms with Crippen LogP contribution in [0, 0.1) is 18.3 Å². The van der Waals surface area contributed by atoms with Crippen molar-refractivity contribution in [2.24, 2.45) is 0 Å². The van der Waals surface area contributed by atoms with Crippen LogP contribution in [0.15, 0.2) is 12.1 Å². The smallest absolute Gasteiger partial charge is 0.187 e. The topological polar surface area (TPSA) is 143 Å². The molecule has 0 spiro atoms. The Kier molecular flexibility index (Phi) is 5.54. The Morgan fingerprint density at radius 2 is 1.91 bits per heavy atom. The van der Waals surface area contributed by atoms with E-state index in [2.05, 4.69) is 0 Å². The van der Waals surface area contributed by atoms with Crippen molar-refractivity contribution in [3.05, 3.63) is 28.8 Å². The summed E-state index contributed by atoms with van der Waals surface area (Å²) in [6.45, 7) is 0.928. The molecule has 1 aromatic carbocycles. The first kappa shape index (κ1) is 17.6. The predicted molar refractivity (Wildman–Crippen MR) is 76.1 cm³/mol. The molecule has 5 atom stereocenters. The van der Waals surface area contributed by atoms with E-state index in [1.54, 1.807) is 19.1 Å². The van der Waals surface area contributed by atoms with Gasteiger partial charge in [-0.3, -0.25) is 0 Å². The van der Waals surface area contributed by atoms with E-state index in [0.717, 1.165) is 0 Å². The molecule has 8 nitrogen and oxygen atoms in total. The van der Waals surface area contributed by atoms with Crippen molar-refractivity contribution in [1.29, 1.82) is 5.26 Å². The Bertz CT molecular complexity index is 598. The van der Waals surface area contributed by atoms with E-state index in [1.807, 2.05) is 6.07 Å². The number of hydrogen-bond donors (Lipinski definition) is 5. The van der Waals surface area contributed by atoms with Gasteiger partial charge in [0.25, 0.3) is 0 Å². The summed E-state index contributed by atoms with van der Waals surface area (Å²) >= 11 is 0. The number of phenolic OH excluding ortho intramolecular Hbond substituents is 1. The molecule has 1 fully saturated rings. The molecular weight excluding hydrogens is 306 g/mol. The van der Waals surface area contributed by atoms with Crippen molar-refractivity contribution in [1.82, 2.24) is 0 Å². The van der Waals surface area contributed by atoms with Crippen LogP contribution in [0.2, 0.25) is 0 Å². The standard InChI is InChI=1S/C15H19NO7/c1-7-2-3-8(9(4-16)11(7)18)6-22-15-14(21)13(20)12(19)10(5-17)23-15/h2-3,10,12-15,17-21H,5-6H2,1H3/t10-,12-,13+,14-,15-/m1/s1. The van der Waals surface area contributed by atoms with E-state index in [4.69, 9.17) is 19.8 Å². The average molecular weight is 325 g/mol. The molecule has 1 saturated heterocycles. The van der Waals surface area contributed by atoms with Gasteiger partial charge in [-0.1, -0.05) is 12.1 Å². The zero-order valence-corrected chi connectivity index (χ0v) is 12.5. The quantitative estimate of drug-likeness (QED) is 0.469. The van der Waals surface area contributed by atoms with Crippen molar-refractivity contribution in [2.75, 3.05) is 6.61 Å². The molecular formula is C15H19NO7. The Morgan fingerprint density at radius 3 is 2.52 bits per heavy atom. The molecule has 1 heterocycles. The summed E-state index contributed by atoms with van der Waals surface area (Å²) in [5, 5.41) is 57.3. The molecule has 5 N–H and O–H groups in total. The SMILES string of the molecule is Cc1ccc(CO[C@@H]2O[C@H](CO)[C@@H](O)[C@H](O)[C@H]2O)c(C#N)c1O. The summed E-state index contributed by atoms with van der Waals surface area (Å²) in [4.78, 5) is 0. The van der Waals surface area contributed by atoms with Crippen LogP contribution in [0.25, 0.3) is 0 Å². The Labute approximate surface area is 132 Å². The number of aryl methyl sites for hydroxylation is 1. The van der Waals surface area contributed by atoms with E-state index in [0.29, 0.717) is 11.1 Å². The van der Waals surface area contributed by atoms with Crippen LogP contribution in [0.5, 0.6) is 5.75 Å². The fourth-order valence-electron chi connectivity index (χ4n) is 2.36. The Balaban J connectivity index is 2.12. The van der Waals surface area contributed by atoms with Gasteiger partial charge in [0.2, 0.25) is 0 Å². The van der Waals surface area contributed by atoms with Crippen molar-refractivity contribution >= 4 is 0 Å². The summed E-state index contributed by atoms with van der Waals surface area (Å²) in [7, 11) is 0. The fourth-order valence-corrected chi connectivity index (χ4v) is 2.36. The van der Waals surface area contributed by atoms with Gasteiger partial charge in [-0.15, -0.1) is 0 Å². The van der Waals surface area contributed by atoms with E-state index in [9.17, 15) is 20.4 Å². The molecule has 0 radical (unpaired) electrons. The molecule has 8 heteroatoms. The van der Waals surface area contributed by atoms with Crippen LogP contribution in [0.1, 0.15) is 16.7 Å². The lowest BCUT2D eigenvalue weighted by molar-refractivity contribution is -0.304. The molecule has 126 valence electrons. The minimum absolute atomic E-state index is 0.0505. The van der Waals surface area contributed by atoms with Gasteiger partial charge < -0.3 is 35.0 Å². The monoisotopic (exact) mass is 325 g/mol. The van der Waals surface area contributed by atoms with Gasteiger partial charge in [-0.2, -0.15) is 5.26 Å². The van der Waals surface area contributed by atoms with Crippen molar-refractivity contribution in [3.63, 3.8) is 0 Å². The lowest BCUT2D eigenvalue weighted by Gasteiger charge is -2.39. The summed E-state index contributed by atoms with van der Waals surface area (Å²) in [5.74, 6) is -0.151. The van der Waals surface area contributed by atoms with Crippen LogP contribution in [0.4, 0.5) is 0 Å². The number of aromatic hydroxyl groups is 1. The molecule has 1 aromatic rings. The normalized spacial score (nSPS) is 30.9. The van der Waals surface area contributed by atoms with Crippen LogP contribution in [0.3, 0.4) is 0 Å². The van der Waals surface area contributed by atoms with Crippen molar-refractivity contribution < 1.29 is 35.0 Å². The molecule has 2 rings (SSSR count). The third kappa shape index (κ3) is 3.45. The number of nitrogens with zero attached hydrogens (tertiary/aromatic N) is 1. The number of ether oxygens (including phenoxy) is 2. The first-order valence-electron chi connectivity index (χ1n) is 7.04. The second-order valence-corrected chi connectivity index (χ2v) is 5.39. The number of hydrogen-bond acceptors (Lipinski definition) is 8. The minimum atomic E-state index is -1.53. The molecule has 0 unspecified atom stereocenters. The number of phenols is 1. The van der Waals surface area contributed by atoms with Gasteiger partial charge in [0.05, 0.1) is 18.8 Å². The maximum atomic E-state index is 9.87. The zero-order chi connectivity index (χ0) is 17.1. The predicted octanol–water partition coefficient (Wildman–Crippen LogP) is -1.11. The number of nitriles is 1. The lowest BCUT2D eigenvalue weighted by Crippen LogP contribution is -2.59. The molecule has 0 bridgehead atoms. The van der Waals surface area contributed by atoms with Gasteiger partial charge in [0.15, 0.2) is 6.29 Å². The highest BCUT2D eigenvalue weighted by molar-refractivity contribution is 5.51. The number of benzene rings is 1. The fraction of sp³-hybridized carbons (Fsp3) is 0.533. The Hall–Kier alpha value is -1.73. The molecule has 1 aliphatic rings. The minimum Gasteiger partial charge on any atom is -0.506 e. The third-order valence-electron chi connectivity index (χ3n) is 3.83. The second-order valence-electron chi connectivity index (χ2n) is 5.39. The zero-order valence-electron chi connectivity index (χ0n) is 12.5. The molecule has 0 amide bonds. The van der Waals surface area contributed by atoms with Crippen molar-refractivity contribution in [2.45, 2.75) is 44.2 Å². The van der Waals surface area contributed by atoms with Crippen LogP contribution < -0.4 is 0 Å². The van der Waals surface area contributed by atoms with Gasteiger partial charge in [0, 0.05) is 0 Å². The van der Waals surface area contributed by atoms with Gasteiger partial charge in [0.1, 0.15) is 36.2 Å². The second kappa shape index (κ2) is 7.23. The largest absolute Gasteiger partial charge is 0.506 e. The number of aliphatic hydroxyl groups excluding tert-OH is 4. The Morgan fingerprint density at radius 1 is 1.22 bits per heavy atom. The first-order chi connectivity index (χ1) is 10.9. The highest BCUT2D eigenvalue weighted by Crippen LogP contribution is 2.27. The molecule has 23 heavy (non-hydrogen) atoms. The maximum Gasteiger partial charge on any atom is 0.187 e. The van der Waals surface area contributed by atoms with E-state index in [1.165, 1.54) is 0 Å². The maximum absolute atomic E-state index is 9.87. The summed E-state index contributed by atoms with van der Waals surface area (Å²) in [6.07, 6.45) is -6.88. The van der Waals surface area contributed by atoms with Crippen molar-refractivity contribution in [3.8, 4) is 11.8 Å². The number of rotatable bonds is 4. The molecule has 0 aromatic heterocycles. The number of aliphatic hydroxyl groups is 4. The van der Waals surface area contributed by atoms with Gasteiger partial charge in [-0.05, 0) is 18.1 Å². The van der Waals surface area contributed by atoms with Gasteiger partial charge >= 0.3 is 0 Å². The highest BCUT2D eigenvalue weighted by atomic mass is 16.7. The first-order valence-corrected chi connectivity index (χ1v) is 7.04. The van der Waals surface area contributed by atoms with Crippen LogP contribution in [-0.2, 0) is 16.1 Å². The summed E-state index contributed by atoms with van der Waals surface area (Å²) in [6, 6.07) is 5.08. The third-order valence-corrected chi connectivity index (χ3v) is 3.83. The highest BCUT2D eigenvalue weighted by Gasteiger charge is 2.44. The van der Waals surface area contributed by atoms with Gasteiger partial charge in [-0.25, -0.2) is 0 Å². The average Bonchev–Trinajstić information content (AvgIpc) is 2.55. The molecule has 1 aliphatic heterocycles. The van der Waals surface area contributed by atoms with E-state index >= 15 is 0 Å². The van der Waals surface area contributed by atoms with E-state index in [-0.39, 0.29) is 17.9 Å².